The Morgan fingerprint density at radius 1 is 1.29 bits per heavy atom. The molecule has 0 aromatic heterocycles. The molecule has 4 heteroatoms. The van der Waals surface area contributed by atoms with Crippen LogP contribution in [-0.2, 0) is 6.42 Å². The van der Waals surface area contributed by atoms with Crippen molar-refractivity contribution in [1.29, 1.82) is 0 Å². The summed E-state index contributed by atoms with van der Waals surface area (Å²) in [7, 11) is 0. The molecule has 2 unspecified atom stereocenters. The summed E-state index contributed by atoms with van der Waals surface area (Å²) in [6.45, 7) is 6.73. The number of hydrogen-bond donors (Lipinski definition) is 1. The predicted molar refractivity (Wildman–Crippen MR) is 90.2 cm³/mol. The summed E-state index contributed by atoms with van der Waals surface area (Å²) in [4.78, 5) is 5.19. The first-order valence-electron chi connectivity index (χ1n) is 8.17. The lowest BCUT2D eigenvalue weighted by Gasteiger charge is -2.45. The van der Waals surface area contributed by atoms with Gasteiger partial charge in [0.25, 0.3) is 0 Å². The summed E-state index contributed by atoms with van der Waals surface area (Å²) < 4.78 is 0. The number of anilines is 1. The first-order valence-corrected chi connectivity index (χ1v) is 8.55. The van der Waals surface area contributed by atoms with E-state index in [1.165, 1.54) is 43.6 Å². The van der Waals surface area contributed by atoms with Gasteiger partial charge in [-0.25, -0.2) is 0 Å². The average Bonchev–Trinajstić information content (AvgIpc) is 2.48. The SMILES string of the molecule is CC(N)Cc1c(Cl)cccc1N1CCN2CCCCC2C1. The molecule has 3 nitrogen and oxygen atoms in total. The maximum Gasteiger partial charge on any atom is 0.0459 e. The van der Waals surface area contributed by atoms with Gasteiger partial charge in [-0.3, -0.25) is 4.90 Å². The fourth-order valence-electron chi connectivity index (χ4n) is 3.74. The third kappa shape index (κ3) is 3.36. The molecule has 1 aromatic carbocycles. The summed E-state index contributed by atoms with van der Waals surface area (Å²) in [5, 5.41) is 0.857. The molecular formula is C17H26ClN3. The van der Waals surface area contributed by atoms with Gasteiger partial charge < -0.3 is 10.6 Å². The van der Waals surface area contributed by atoms with Gasteiger partial charge in [-0.2, -0.15) is 0 Å². The summed E-state index contributed by atoms with van der Waals surface area (Å²) >= 11 is 6.44. The molecule has 2 fully saturated rings. The van der Waals surface area contributed by atoms with Crippen LogP contribution in [0.15, 0.2) is 18.2 Å². The van der Waals surface area contributed by atoms with Crippen molar-refractivity contribution in [2.75, 3.05) is 31.1 Å². The highest BCUT2D eigenvalue weighted by molar-refractivity contribution is 6.31. The quantitative estimate of drug-likeness (QED) is 0.932. The van der Waals surface area contributed by atoms with E-state index in [1.807, 2.05) is 13.0 Å². The molecule has 2 atom stereocenters. The topological polar surface area (TPSA) is 32.5 Å². The van der Waals surface area contributed by atoms with Crippen molar-refractivity contribution in [3.63, 3.8) is 0 Å². The molecule has 0 radical (unpaired) electrons. The minimum Gasteiger partial charge on any atom is -0.368 e. The highest BCUT2D eigenvalue weighted by Crippen LogP contribution is 2.31. The Hall–Kier alpha value is -0.770. The first kappa shape index (κ1) is 15.1. The van der Waals surface area contributed by atoms with Crippen LogP contribution in [-0.4, -0.2) is 43.2 Å². The van der Waals surface area contributed by atoms with E-state index in [-0.39, 0.29) is 6.04 Å². The number of hydrogen-bond acceptors (Lipinski definition) is 3. The highest BCUT2D eigenvalue weighted by atomic mass is 35.5. The number of nitrogens with zero attached hydrogens (tertiary/aromatic N) is 2. The monoisotopic (exact) mass is 307 g/mol. The number of piperazine rings is 1. The Labute approximate surface area is 133 Å². The fraction of sp³-hybridized carbons (Fsp3) is 0.647. The van der Waals surface area contributed by atoms with Gasteiger partial charge in [0, 0.05) is 42.4 Å². The van der Waals surface area contributed by atoms with Crippen molar-refractivity contribution < 1.29 is 0 Å². The van der Waals surface area contributed by atoms with Crippen molar-refractivity contribution in [1.82, 2.24) is 4.90 Å². The van der Waals surface area contributed by atoms with Crippen LogP contribution in [0.5, 0.6) is 0 Å². The average molecular weight is 308 g/mol. The normalized spacial score (nSPS) is 24.7. The Balaban J connectivity index is 1.81. The molecule has 0 bridgehead atoms. The molecule has 1 aromatic rings. The minimum absolute atomic E-state index is 0.139. The smallest absolute Gasteiger partial charge is 0.0459 e. The van der Waals surface area contributed by atoms with Crippen LogP contribution < -0.4 is 10.6 Å². The van der Waals surface area contributed by atoms with Crippen LogP contribution in [0.3, 0.4) is 0 Å². The van der Waals surface area contributed by atoms with Gasteiger partial charge in [-0.1, -0.05) is 24.1 Å². The molecule has 0 amide bonds. The van der Waals surface area contributed by atoms with Gasteiger partial charge in [0.1, 0.15) is 0 Å². The Morgan fingerprint density at radius 3 is 2.95 bits per heavy atom. The Kier molecular flexibility index (Phi) is 4.72. The summed E-state index contributed by atoms with van der Waals surface area (Å²) in [6, 6.07) is 7.12. The molecule has 2 heterocycles. The standard InChI is InChI=1S/C17H26ClN3/c1-13(19)11-15-16(18)6-4-7-17(15)21-10-9-20-8-3-2-5-14(20)12-21/h4,6-7,13-14H,2-3,5,8-12,19H2,1H3. The van der Waals surface area contributed by atoms with Crippen LogP contribution in [0.4, 0.5) is 5.69 Å². The zero-order chi connectivity index (χ0) is 14.8. The van der Waals surface area contributed by atoms with Crippen LogP contribution >= 0.6 is 11.6 Å². The van der Waals surface area contributed by atoms with E-state index in [1.54, 1.807) is 0 Å². The van der Waals surface area contributed by atoms with E-state index in [0.717, 1.165) is 30.6 Å². The second-order valence-electron chi connectivity index (χ2n) is 6.55. The molecule has 2 saturated heterocycles. The van der Waals surface area contributed by atoms with Crippen LogP contribution in [0, 0.1) is 0 Å². The molecule has 0 saturated carbocycles. The second-order valence-corrected chi connectivity index (χ2v) is 6.96. The molecule has 21 heavy (non-hydrogen) atoms. The van der Waals surface area contributed by atoms with Crippen molar-refractivity contribution in [3.8, 4) is 0 Å². The van der Waals surface area contributed by atoms with E-state index in [2.05, 4.69) is 21.9 Å². The second kappa shape index (κ2) is 6.55. The summed E-state index contributed by atoms with van der Waals surface area (Å²) in [5.74, 6) is 0. The van der Waals surface area contributed by atoms with E-state index in [4.69, 9.17) is 17.3 Å². The van der Waals surface area contributed by atoms with E-state index >= 15 is 0 Å². The largest absolute Gasteiger partial charge is 0.368 e. The minimum atomic E-state index is 0.139. The fourth-order valence-corrected chi connectivity index (χ4v) is 3.99. The van der Waals surface area contributed by atoms with Crippen LogP contribution in [0.1, 0.15) is 31.7 Å². The predicted octanol–water partition coefficient (Wildman–Crippen LogP) is 2.90. The van der Waals surface area contributed by atoms with Gasteiger partial charge in [-0.15, -0.1) is 0 Å². The lowest BCUT2D eigenvalue weighted by Crippen LogP contribution is -2.55. The molecular weight excluding hydrogens is 282 g/mol. The maximum atomic E-state index is 6.44. The van der Waals surface area contributed by atoms with Crippen molar-refractivity contribution in [2.45, 2.75) is 44.7 Å². The number of benzene rings is 1. The molecule has 3 rings (SSSR count). The maximum absolute atomic E-state index is 6.44. The van der Waals surface area contributed by atoms with Crippen molar-refractivity contribution >= 4 is 17.3 Å². The molecule has 2 N–H and O–H groups in total. The number of nitrogens with two attached hydrogens (primary N) is 1. The third-order valence-corrected chi connectivity index (χ3v) is 5.15. The molecule has 0 aliphatic carbocycles. The summed E-state index contributed by atoms with van der Waals surface area (Å²) in [5.41, 5.74) is 8.53. The lowest BCUT2D eigenvalue weighted by atomic mass is 9.98. The van der Waals surface area contributed by atoms with Gasteiger partial charge in [0.15, 0.2) is 0 Å². The number of piperidine rings is 1. The molecule has 0 spiro atoms. The van der Waals surface area contributed by atoms with Crippen molar-refractivity contribution in [2.24, 2.45) is 5.73 Å². The molecule has 2 aliphatic rings. The molecule has 2 aliphatic heterocycles. The highest BCUT2D eigenvalue weighted by Gasteiger charge is 2.30. The van der Waals surface area contributed by atoms with E-state index < -0.39 is 0 Å². The number of rotatable bonds is 3. The number of fused-ring (bicyclic) bond motifs is 1. The first-order chi connectivity index (χ1) is 10.1. The third-order valence-electron chi connectivity index (χ3n) is 4.80. The van der Waals surface area contributed by atoms with Gasteiger partial charge in [0.05, 0.1) is 0 Å². The van der Waals surface area contributed by atoms with Gasteiger partial charge in [0.2, 0.25) is 0 Å². The van der Waals surface area contributed by atoms with Crippen LogP contribution in [0.25, 0.3) is 0 Å². The summed E-state index contributed by atoms with van der Waals surface area (Å²) in [6.07, 6.45) is 4.92. The zero-order valence-corrected chi connectivity index (χ0v) is 13.6. The van der Waals surface area contributed by atoms with Gasteiger partial charge >= 0.3 is 0 Å². The van der Waals surface area contributed by atoms with Crippen molar-refractivity contribution in [3.05, 3.63) is 28.8 Å². The Morgan fingerprint density at radius 2 is 2.14 bits per heavy atom. The van der Waals surface area contributed by atoms with Crippen LogP contribution in [0.2, 0.25) is 5.02 Å². The van der Waals surface area contributed by atoms with E-state index in [0.29, 0.717) is 0 Å². The zero-order valence-electron chi connectivity index (χ0n) is 12.9. The van der Waals surface area contributed by atoms with Gasteiger partial charge in [-0.05, 0) is 50.4 Å². The number of halogens is 1. The van der Waals surface area contributed by atoms with E-state index in [9.17, 15) is 0 Å². The Bertz CT molecular complexity index is 489. The molecule has 116 valence electrons. The lowest BCUT2D eigenvalue weighted by molar-refractivity contribution is 0.133.